The highest BCUT2D eigenvalue weighted by Crippen LogP contribution is 2.25. The third kappa shape index (κ3) is 3.11. The molecule has 0 N–H and O–H groups in total. The summed E-state index contributed by atoms with van der Waals surface area (Å²) in [5.41, 5.74) is 0. The minimum Gasteiger partial charge on any atom is -0.468 e. The van der Waals surface area contributed by atoms with Gasteiger partial charge in [-0.15, -0.1) is 0 Å². The van der Waals surface area contributed by atoms with Crippen molar-refractivity contribution in [1.29, 1.82) is 0 Å². The van der Waals surface area contributed by atoms with Gasteiger partial charge in [-0.1, -0.05) is 13.3 Å². The third-order valence-electron chi connectivity index (χ3n) is 2.41. The molecule has 0 aromatic heterocycles. The van der Waals surface area contributed by atoms with Gasteiger partial charge in [0.2, 0.25) is 0 Å². The minimum atomic E-state index is -1.89. The lowest BCUT2D eigenvalue weighted by Crippen LogP contribution is -2.44. The molecule has 1 atom stereocenters. The molecular formula is C6H20O3Si3. The number of rotatable bonds is 6. The zero-order valence-corrected chi connectivity index (χ0v) is 13.1. The summed E-state index contributed by atoms with van der Waals surface area (Å²) in [7, 11) is 2.05. The molecule has 1 unspecified atom stereocenters. The lowest BCUT2D eigenvalue weighted by atomic mass is 10.6. The summed E-state index contributed by atoms with van der Waals surface area (Å²) in [6.45, 7) is 4.30. The molecule has 0 aromatic rings. The summed E-state index contributed by atoms with van der Waals surface area (Å²) >= 11 is 0. The Balaban J connectivity index is 4.21. The van der Waals surface area contributed by atoms with Gasteiger partial charge in [0.1, 0.15) is 10.5 Å². The van der Waals surface area contributed by atoms with Gasteiger partial charge in [0.05, 0.1) is 0 Å². The van der Waals surface area contributed by atoms with Gasteiger partial charge in [-0.25, -0.2) is 0 Å². The monoisotopic (exact) mass is 224 g/mol. The topological polar surface area (TPSA) is 27.7 Å². The predicted molar refractivity (Wildman–Crippen MR) is 59.2 cm³/mol. The van der Waals surface area contributed by atoms with E-state index in [1.54, 1.807) is 14.2 Å². The van der Waals surface area contributed by atoms with Crippen molar-refractivity contribution in [1.82, 2.24) is 0 Å². The van der Waals surface area contributed by atoms with Crippen LogP contribution in [0.4, 0.5) is 0 Å². The van der Waals surface area contributed by atoms with Crippen LogP contribution in [0, 0.1) is 0 Å². The van der Waals surface area contributed by atoms with Gasteiger partial charge in [-0.05, 0) is 6.55 Å². The molecule has 0 aromatic carbocycles. The zero-order valence-electron chi connectivity index (χ0n) is 8.72. The number of hydrogen-bond donors (Lipinski definition) is 0. The highest BCUT2D eigenvalue weighted by atomic mass is 28.4. The Morgan fingerprint density at radius 3 is 2.17 bits per heavy atom. The molecule has 0 saturated heterocycles. The second-order valence-electron chi connectivity index (χ2n) is 2.98. The normalized spacial score (nSPS) is 16.0. The first kappa shape index (κ1) is 12.5. The van der Waals surface area contributed by atoms with Crippen LogP contribution in [0.25, 0.3) is 0 Å². The van der Waals surface area contributed by atoms with E-state index in [1.807, 2.05) is 0 Å². The van der Waals surface area contributed by atoms with Crippen LogP contribution in [0.1, 0.15) is 13.3 Å². The molecule has 0 rings (SSSR count). The summed E-state index contributed by atoms with van der Waals surface area (Å²) in [6, 6.07) is 0. The van der Waals surface area contributed by atoms with Crippen LogP contribution >= 0.6 is 0 Å². The largest absolute Gasteiger partial charge is 0.468 e. The maximum Gasteiger partial charge on any atom is 0.336 e. The fraction of sp³-hybridized carbons (Fsp3) is 1.00. The van der Waals surface area contributed by atoms with Gasteiger partial charge in [-0.3, -0.25) is 0 Å². The van der Waals surface area contributed by atoms with Crippen molar-refractivity contribution < 1.29 is 13.0 Å². The molecule has 0 saturated carbocycles. The van der Waals surface area contributed by atoms with E-state index in [2.05, 4.69) is 13.5 Å². The van der Waals surface area contributed by atoms with Gasteiger partial charge in [0.25, 0.3) is 0 Å². The molecule has 0 spiro atoms. The molecule has 0 amide bonds. The van der Waals surface area contributed by atoms with Crippen molar-refractivity contribution >= 4 is 28.8 Å². The van der Waals surface area contributed by atoms with Crippen LogP contribution in [0.5, 0.6) is 0 Å². The van der Waals surface area contributed by atoms with E-state index in [-0.39, 0.29) is 0 Å². The molecule has 6 heteroatoms. The molecule has 0 radical (unpaired) electrons. The lowest BCUT2D eigenvalue weighted by Gasteiger charge is -2.30. The molecule has 0 bridgehead atoms. The van der Waals surface area contributed by atoms with Gasteiger partial charge in [-0.2, -0.15) is 0 Å². The second-order valence-corrected chi connectivity index (χ2v) is 11.1. The van der Waals surface area contributed by atoms with Crippen molar-refractivity contribution in [2.24, 2.45) is 0 Å². The van der Waals surface area contributed by atoms with Crippen molar-refractivity contribution in [3.05, 3.63) is 0 Å². The standard InChI is InChI=1S/C6H20O3Si3/c1-5-6(11-9-10)12(4,7-2)8-3/h6H,5,11H2,1-4,10H3. The van der Waals surface area contributed by atoms with Crippen LogP contribution in [0.15, 0.2) is 0 Å². The Morgan fingerprint density at radius 1 is 1.42 bits per heavy atom. The average Bonchev–Trinajstić information content (AvgIpc) is 2.13. The lowest BCUT2D eigenvalue weighted by molar-refractivity contribution is 0.243. The Labute approximate surface area is 81.5 Å². The smallest absolute Gasteiger partial charge is 0.336 e. The van der Waals surface area contributed by atoms with Gasteiger partial charge in [0, 0.05) is 19.4 Å². The SMILES string of the molecule is CCC([SiH2]O[SiH3])[Si](C)(OC)OC. The maximum absolute atomic E-state index is 5.48. The van der Waals surface area contributed by atoms with E-state index < -0.39 is 18.3 Å². The van der Waals surface area contributed by atoms with Gasteiger partial charge >= 0.3 is 8.56 Å². The van der Waals surface area contributed by atoms with Gasteiger partial charge in [0.15, 0.2) is 9.76 Å². The Bertz CT molecular complexity index is 119. The summed E-state index contributed by atoms with van der Waals surface area (Å²) in [5, 5.41) is 0.588. The van der Waals surface area contributed by atoms with E-state index in [0.29, 0.717) is 5.16 Å². The van der Waals surface area contributed by atoms with Crippen LogP contribution in [0.3, 0.4) is 0 Å². The molecule has 0 fully saturated rings. The van der Waals surface area contributed by atoms with Gasteiger partial charge < -0.3 is 13.0 Å². The molecule has 3 nitrogen and oxygen atoms in total. The quantitative estimate of drug-likeness (QED) is 0.568. The Kier molecular flexibility index (Phi) is 6.32. The fourth-order valence-electron chi connectivity index (χ4n) is 1.26. The van der Waals surface area contributed by atoms with Crippen LogP contribution in [0.2, 0.25) is 11.7 Å². The van der Waals surface area contributed by atoms with Crippen molar-refractivity contribution in [3.8, 4) is 0 Å². The average molecular weight is 224 g/mol. The van der Waals surface area contributed by atoms with Crippen LogP contribution < -0.4 is 0 Å². The van der Waals surface area contributed by atoms with Crippen molar-refractivity contribution in [2.45, 2.75) is 25.1 Å². The fourth-order valence-corrected chi connectivity index (χ4v) is 8.39. The molecule has 0 heterocycles. The summed E-state index contributed by atoms with van der Waals surface area (Å²) < 4.78 is 16.4. The van der Waals surface area contributed by atoms with Crippen LogP contribution in [-0.2, 0) is 13.0 Å². The first-order valence-electron chi connectivity index (χ1n) is 4.23. The third-order valence-corrected chi connectivity index (χ3v) is 11.0. The van der Waals surface area contributed by atoms with E-state index >= 15 is 0 Å². The first-order chi connectivity index (χ1) is 5.64. The summed E-state index contributed by atoms with van der Waals surface area (Å²) in [4.78, 5) is 0. The van der Waals surface area contributed by atoms with E-state index in [1.165, 1.54) is 0 Å². The van der Waals surface area contributed by atoms with Crippen LogP contribution in [-0.4, -0.2) is 43.0 Å². The molecule has 0 aliphatic carbocycles. The molecule has 74 valence electrons. The highest BCUT2D eigenvalue weighted by Gasteiger charge is 2.38. The summed E-state index contributed by atoms with van der Waals surface area (Å²) in [5.74, 6) is 0. The number of hydrogen-bond acceptors (Lipinski definition) is 3. The summed E-state index contributed by atoms with van der Waals surface area (Å²) in [6.07, 6.45) is 1.12. The first-order valence-corrected chi connectivity index (χ1v) is 8.84. The molecule has 0 aliphatic heterocycles. The molecule has 12 heavy (non-hydrogen) atoms. The van der Waals surface area contributed by atoms with E-state index in [9.17, 15) is 0 Å². The van der Waals surface area contributed by atoms with Crippen molar-refractivity contribution in [3.63, 3.8) is 0 Å². The predicted octanol–water partition coefficient (Wildman–Crippen LogP) is -0.530. The minimum absolute atomic E-state index is 0.417. The Morgan fingerprint density at radius 2 is 1.92 bits per heavy atom. The van der Waals surface area contributed by atoms with Crippen molar-refractivity contribution in [2.75, 3.05) is 14.2 Å². The van der Waals surface area contributed by atoms with E-state index in [0.717, 1.165) is 16.9 Å². The Hall–Kier alpha value is 0.531. The molecule has 0 aliphatic rings. The molecular weight excluding hydrogens is 204 g/mol. The maximum atomic E-state index is 5.48. The highest BCUT2D eigenvalue weighted by molar-refractivity contribution is 6.76. The zero-order chi connectivity index (χ0) is 9.61. The second kappa shape index (κ2) is 6.06. The van der Waals surface area contributed by atoms with E-state index in [4.69, 9.17) is 13.0 Å².